The number of aliphatic hydroxyl groups is 1. The van der Waals surface area contributed by atoms with Crippen LogP contribution in [0.5, 0.6) is 0 Å². The topological polar surface area (TPSA) is 376 Å². The first-order valence-electron chi connectivity index (χ1n) is 18.1. The van der Waals surface area contributed by atoms with E-state index in [2.05, 4.69) is 31.9 Å². The van der Waals surface area contributed by atoms with Crippen LogP contribution in [0, 0.1) is 17.8 Å². The molecule has 0 aromatic heterocycles. The molecule has 14 N–H and O–H groups in total. The molecule has 0 aliphatic carbocycles. The number of aliphatic hydroxyl groups excluding tert-OH is 1. The first-order valence-corrected chi connectivity index (χ1v) is 18.1. The normalized spacial score (nSPS) is 15.4. The van der Waals surface area contributed by atoms with E-state index in [0.29, 0.717) is 0 Å². The third-order valence-corrected chi connectivity index (χ3v) is 8.32. The lowest BCUT2D eigenvalue weighted by molar-refractivity contribution is -0.144. The van der Waals surface area contributed by atoms with E-state index in [1.54, 1.807) is 41.5 Å². The third kappa shape index (κ3) is 19.3. The van der Waals surface area contributed by atoms with Gasteiger partial charge in [-0.05, 0) is 37.0 Å². The molecule has 0 heterocycles. The average Bonchev–Trinajstić information content (AvgIpc) is 3.08. The number of hydrogen-bond acceptors (Lipinski definition) is 12. The zero-order chi connectivity index (χ0) is 43.4. The van der Waals surface area contributed by atoms with Gasteiger partial charge in [-0.2, -0.15) is 0 Å². The van der Waals surface area contributed by atoms with E-state index in [4.69, 9.17) is 16.6 Å². The molecule has 56 heavy (non-hydrogen) atoms. The van der Waals surface area contributed by atoms with Gasteiger partial charge < -0.3 is 63.8 Å². The minimum Gasteiger partial charge on any atom is -0.481 e. The lowest BCUT2D eigenvalue weighted by Crippen LogP contribution is -2.61. The molecule has 22 nitrogen and oxygen atoms in total. The number of carbonyl (C=O) groups is 10. The molecule has 0 aromatic rings. The van der Waals surface area contributed by atoms with Crippen LogP contribution in [0.3, 0.4) is 0 Å². The summed E-state index contributed by atoms with van der Waals surface area (Å²) in [6, 6.07) is -10.7. The zero-order valence-corrected chi connectivity index (χ0v) is 32.5. The van der Waals surface area contributed by atoms with Gasteiger partial charge in [0.1, 0.15) is 36.3 Å². The highest BCUT2D eigenvalue weighted by molar-refractivity contribution is 5.98. The molecule has 0 unspecified atom stereocenters. The molecule has 8 atom stereocenters. The van der Waals surface area contributed by atoms with E-state index in [0.717, 1.165) is 0 Å². The lowest BCUT2D eigenvalue weighted by atomic mass is 9.96. The second kappa shape index (κ2) is 24.9. The van der Waals surface area contributed by atoms with Crippen LogP contribution in [0.15, 0.2) is 0 Å². The van der Waals surface area contributed by atoms with Crippen molar-refractivity contribution in [1.29, 1.82) is 0 Å². The number of carbonyl (C=O) groups excluding carboxylic acids is 7. The largest absolute Gasteiger partial charge is 0.481 e. The predicted octanol–water partition coefficient (Wildman–Crippen LogP) is -3.35. The van der Waals surface area contributed by atoms with Crippen molar-refractivity contribution in [2.45, 2.75) is 129 Å². The SMILES string of the molecule is CC[C@H](C)[C@H](NC(=O)[C@H](CC(C)C)NC(=O)[C@H](CO)NC(=O)[C@H](CCC(=O)O)NC(=O)[C@@H](N)CC(N)=O)C(=O)N[C@@H](CC(=O)O)C(=O)N[C@@H](CC(C)C)C(=O)O. The van der Waals surface area contributed by atoms with Gasteiger partial charge in [-0.1, -0.05) is 48.0 Å². The molecule has 0 spiro atoms. The van der Waals surface area contributed by atoms with Crippen LogP contribution in [0.2, 0.25) is 0 Å². The molecule has 0 bridgehead atoms. The number of aliphatic carboxylic acids is 3. The van der Waals surface area contributed by atoms with E-state index in [-0.39, 0.29) is 31.1 Å². The summed E-state index contributed by atoms with van der Waals surface area (Å²) in [5.74, 6) is -12.4. The summed E-state index contributed by atoms with van der Waals surface area (Å²) in [7, 11) is 0. The fourth-order valence-corrected chi connectivity index (χ4v) is 5.13. The van der Waals surface area contributed by atoms with Crippen molar-refractivity contribution in [2.75, 3.05) is 6.61 Å². The number of nitrogens with one attached hydrogen (secondary N) is 6. The van der Waals surface area contributed by atoms with Gasteiger partial charge in [0.2, 0.25) is 41.4 Å². The van der Waals surface area contributed by atoms with Crippen LogP contribution in [-0.2, 0) is 47.9 Å². The van der Waals surface area contributed by atoms with Crippen molar-refractivity contribution in [2.24, 2.45) is 29.2 Å². The van der Waals surface area contributed by atoms with Crippen LogP contribution in [0.25, 0.3) is 0 Å². The fourth-order valence-electron chi connectivity index (χ4n) is 5.13. The predicted molar refractivity (Wildman–Crippen MR) is 196 cm³/mol. The van der Waals surface area contributed by atoms with Gasteiger partial charge in [-0.3, -0.25) is 43.2 Å². The van der Waals surface area contributed by atoms with Gasteiger partial charge in [-0.15, -0.1) is 0 Å². The summed E-state index contributed by atoms with van der Waals surface area (Å²) < 4.78 is 0. The molecule has 0 aromatic carbocycles. The molecule has 0 saturated carbocycles. The van der Waals surface area contributed by atoms with Gasteiger partial charge in [0, 0.05) is 6.42 Å². The van der Waals surface area contributed by atoms with E-state index in [1.807, 2.05) is 0 Å². The summed E-state index contributed by atoms with van der Waals surface area (Å²) in [5.41, 5.74) is 10.7. The molecule has 318 valence electrons. The molecule has 0 aliphatic rings. The Hall–Kier alpha value is -5.38. The fraction of sp³-hybridized carbons (Fsp3) is 0.706. The van der Waals surface area contributed by atoms with Gasteiger partial charge >= 0.3 is 17.9 Å². The number of rotatable bonds is 27. The Balaban J connectivity index is 6.23. The molecular weight excluding hydrogens is 744 g/mol. The van der Waals surface area contributed by atoms with Crippen LogP contribution >= 0.6 is 0 Å². The molecule has 22 heteroatoms. The maximum absolute atomic E-state index is 13.7. The van der Waals surface area contributed by atoms with Gasteiger partial charge in [0.05, 0.1) is 25.5 Å². The number of primary amides is 1. The molecule has 0 rings (SSSR count). The minimum atomic E-state index is -1.75. The quantitative estimate of drug-likeness (QED) is 0.0386. The first kappa shape index (κ1) is 50.6. The van der Waals surface area contributed by atoms with Crippen molar-refractivity contribution < 1.29 is 68.4 Å². The Morgan fingerprint density at radius 2 is 1.00 bits per heavy atom. The van der Waals surface area contributed by atoms with Crippen LogP contribution in [0.1, 0.15) is 86.5 Å². The lowest BCUT2D eigenvalue weighted by Gasteiger charge is -2.29. The van der Waals surface area contributed by atoms with Crippen molar-refractivity contribution in [3.63, 3.8) is 0 Å². The Bertz CT molecular complexity index is 1420. The smallest absolute Gasteiger partial charge is 0.326 e. The second-order valence-electron chi connectivity index (χ2n) is 14.3. The summed E-state index contributed by atoms with van der Waals surface area (Å²) >= 11 is 0. The highest BCUT2D eigenvalue weighted by Crippen LogP contribution is 2.13. The van der Waals surface area contributed by atoms with Crippen molar-refractivity contribution in [1.82, 2.24) is 31.9 Å². The molecule has 0 saturated heterocycles. The van der Waals surface area contributed by atoms with E-state index in [1.165, 1.54) is 0 Å². The van der Waals surface area contributed by atoms with Gasteiger partial charge in [0.25, 0.3) is 0 Å². The number of nitrogens with two attached hydrogens (primary N) is 2. The number of hydrogen-bond donors (Lipinski definition) is 12. The van der Waals surface area contributed by atoms with Crippen LogP contribution < -0.4 is 43.4 Å². The Morgan fingerprint density at radius 1 is 0.554 bits per heavy atom. The number of amides is 7. The molecule has 7 amide bonds. The van der Waals surface area contributed by atoms with E-state index in [9.17, 15) is 63.3 Å². The summed E-state index contributed by atoms with van der Waals surface area (Å²) in [6.45, 7) is 9.06. The van der Waals surface area contributed by atoms with Gasteiger partial charge in [-0.25, -0.2) is 4.79 Å². The van der Waals surface area contributed by atoms with E-state index >= 15 is 0 Å². The second-order valence-corrected chi connectivity index (χ2v) is 14.3. The standard InChI is InChI=1S/C34H58N8O14/c1-7-17(6)27(33(54)39-21(13-26(47)48)30(51)40-22(34(55)56)11-16(4)5)42-31(52)20(10-15(2)3)38-32(53)23(14-43)41-29(50)19(8-9-25(45)46)37-28(49)18(35)12-24(36)44/h15-23,27,43H,7-14,35H2,1-6H3,(H2,36,44)(H,37,49)(H,38,53)(H,39,54)(H,40,51)(H,41,50)(H,42,52)(H,45,46)(H,47,48)(H,55,56)/t17-,18-,19-,20-,21-,22-,23-,27-/m0/s1. The monoisotopic (exact) mass is 802 g/mol. The van der Waals surface area contributed by atoms with Crippen LogP contribution in [-0.4, -0.2) is 129 Å². The summed E-state index contributed by atoms with van der Waals surface area (Å²) in [4.78, 5) is 125. The van der Waals surface area contributed by atoms with Crippen molar-refractivity contribution >= 4 is 59.3 Å². The zero-order valence-electron chi connectivity index (χ0n) is 32.5. The molecule has 0 fully saturated rings. The summed E-state index contributed by atoms with van der Waals surface area (Å²) in [6.07, 6.45) is -2.36. The maximum Gasteiger partial charge on any atom is 0.326 e. The Kier molecular flexibility index (Phi) is 22.5. The molecule has 0 radical (unpaired) electrons. The van der Waals surface area contributed by atoms with Crippen molar-refractivity contribution in [3.05, 3.63) is 0 Å². The average molecular weight is 803 g/mol. The van der Waals surface area contributed by atoms with Crippen molar-refractivity contribution in [3.8, 4) is 0 Å². The number of carboxylic acid groups (broad SMARTS) is 3. The Morgan fingerprint density at radius 3 is 1.46 bits per heavy atom. The molecular formula is C34H58N8O14. The van der Waals surface area contributed by atoms with Crippen LogP contribution in [0.4, 0.5) is 0 Å². The molecule has 0 aliphatic heterocycles. The Labute approximate surface area is 324 Å². The third-order valence-electron chi connectivity index (χ3n) is 8.32. The van der Waals surface area contributed by atoms with Gasteiger partial charge in [0.15, 0.2) is 0 Å². The highest BCUT2D eigenvalue weighted by Gasteiger charge is 2.36. The number of carboxylic acids is 3. The summed E-state index contributed by atoms with van der Waals surface area (Å²) in [5, 5.41) is 51.9. The maximum atomic E-state index is 13.7. The van der Waals surface area contributed by atoms with E-state index < -0.39 is 140 Å². The highest BCUT2D eigenvalue weighted by atomic mass is 16.4. The first-order chi connectivity index (χ1) is 25.9. The minimum absolute atomic E-state index is 0.0130.